The molecular formula is C19H33FN4O2. The summed E-state index contributed by atoms with van der Waals surface area (Å²) >= 11 is 0. The highest BCUT2D eigenvalue weighted by Gasteiger charge is 2.00. The Balaban J connectivity index is 2.20. The third-order valence-electron chi connectivity index (χ3n) is 3.67. The lowest BCUT2D eigenvalue weighted by molar-refractivity contribution is 0.180. The molecule has 148 valence electrons. The Hall–Kier alpha value is -1.86. The lowest BCUT2D eigenvalue weighted by Crippen LogP contribution is -2.41. The molecule has 0 spiro atoms. The monoisotopic (exact) mass is 368 g/mol. The molecule has 0 aliphatic rings. The average molecular weight is 368 g/mol. The van der Waals surface area contributed by atoms with E-state index in [1.165, 1.54) is 12.1 Å². The molecule has 0 unspecified atom stereocenters. The first-order chi connectivity index (χ1) is 12.7. The Labute approximate surface area is 156 Å². The van der Waals surface area contributed by atoms with Crippen molar-refractivity contribution in [3.63, 3.8) is 0 Å². The molecule has 2 N–H and O–H groups in total. The maximum absolute atomic E-state index is 12.8. The predicted molar refractivity (Wildman–Crippen MR) is 104 cm³/mol. The zero-order valence-electron chi connectivity index (χ0n) is 16.3. The highest BCUT2D eigenvalue weighted by Crippen LogP contribution is 2.10. The molecule has 0 radical (unpaired) electrons. The van der Waals surface area contributed by atoms with E-state index in [1.54, 1.807) is 19.2 Å². The van der Waals surface area contributed by atoms with Crippen molar-refractivity contribution in [3.8, 4) is 5.75 Å². The highest BCUT2D eigenvalue weighted by atomic mass is 19.1. The van der Waals surface area contributed by atoms with Gasteiger partial charge in [0.05, 0.1) is 6.61 Å². The second-order valence-electron chi connectivity index (χ2n) is 5.99. The molecule has 0 aromatic heterocycles. The zero-order valence-corrected chi connectivity index (χ0v) is 16.3. The first-order valence-corrected chi connectivity index (χ1v) is 9.23. The first kappa shape index (κ1) is 22.2. The van der Waals surface area contributed by atoms with Crippen LogP contribution in [0.5, 0.6) is 5.75 Å². The molecule has 0 atom stereocenters. The summed E-state index contributed by atoms with van der Waals surface area (Å²) in [4.78, 5) is 6.82. The fraction of sp³-hybridized carbons (Fsp3) is 0.632. The minimum absolute atomic E-state index is 0.257. The Morgan fingerprint density at radius 3 is 2.58 bits per heavy atom. The fourth-order valence-corrected chi connectivity index (χ4v) is 2.27. The molecule has 0 aliphatic carbocycles. The largest absolute Gasteiger partial charge is 0.494 e. The SMILES string of the molecule is CCNC(=NCCCOc1ccc(F)cc1)NCCN(C)CCCOC. The molecule has 0 aliphatic heterocycles. The van der Waals surface area contributed by atoms with Gasteiger partial charge < -0.3 is 25.0 Å². The Morgan fingerprint density at radius 1 is 1.12 bits per heavy atom. The van der Waals surface area contributed by atoms with Crippen molar-refractivity contribution in [1.29, 1.82) is 0 Å². The number of nitrogens with zero attached hydrogens (tertiary/aromatic N) is 2. The molecule has 1 rings (SSSR count). The van der Waals surface area contributed by atoms with E-state index in [1.807, 2.05) is 6.92 Å². The van der Waals surface area contributed by atoms with Gasteiger partial charge in [-0.2, -0.15) is 0 Å². The van der Waals surface area contributed by atoms with E-state index in [-0.39, 0.29) is 5.82 Å². The number of benzene rings is 1. The molecule has 1 aromatic rings. The van der Waals surface area contributed by atoms with Crippen molar-refractivity contribution < 1.29 is 13.9 Å². The number of halogens is 1. The maximum atomic E-state index is 12.8. The van der Waals surface area contributed by atoms with Crippen LogP contribution in [-0.4, -0.2) is 71.0 Å². The molecule has 0 saturated heterocycles. The fourth-order valence-electron chi connectivity index (χ4n) is 2.27. The molecule has 26 heavy (non-hydrogen) atoms. The second kappa shape index (κ2) is 14.3. The van der Waals surface area contributed by atoms with E-state index in [0.29, 0.717) is 18.9 Å². The summed E-state index contributed by atoms with van der Waals surface area (Å²) in [6.45, 7) is 7.68. The molecule has 0 amide bonds. The van der Waals surface area contributed by atoms with Crippen LogP contribution in [0.2, 0.25) is 0 Å². The molecular weight excluding hydrogens is 335 g/mol. The molecule has 7 heteroatoms. The lowest BCUT2D eigenvalue weighted by atomic mass is 10.3. The average Bonchev–Trinajstić information content (AvgIpc) is 2.63. The van der Waals surface area contributed by atoms with Gasteiger partial charge in [0.15, 0.2) is 5.96 Å². The van der Waals surface area contributed by atoms with Crippen LogP contribution in [0, 0.1) is 5.82 Å². The summed E-state index contributed by atoms with van der Waals surface area (Å²) < 4.78 is 23.5. The number of ether oxygens (including phenoxy) is 2. The van der Waals surface area contributed by atoms with Gasteiger partial charge in [-0.1, -0.05) is 0 Å². The summed E-state index contributed by atoms with van der Waals surface area (Å²) in [6, 6.07) is 6.06. The third-order valence-corrected chi connectivity index (χ3v) is 3.67. The maximum Gasteiger partial charge on any atom is 0.191 e. The van der Waals surface area contributed by atoms with E-state index in [2.05, 4.69) is 27.6 Å². The zero-order chi connectivity index (χ0) is 19.0. The first-order valence-electron chi connectivity index (χ1n) is 9.23. The van der Waals surface area contributed by atoms with Crippen molar-refractivity contribution in [2.45, 2.75) is 19.8 Å². The quantitative estimate of drug-likeness (QED) is 0.317. The van der Waals surface area contributed by atoms with Crippen molar-refractivity contribution in [1.82, 2.24) is 15.5 Å². The van der Waals surface area contributed by atoms with Gasteiger partial charge in [0.25, 0.3) is 0 Å². The highest BCUT2D eigenvalue weighted by molar-refractivity contribution is 5.79. The van der Waals surface area contributed by atoms with E-state index >= 15 is 0 Å². The van der Waals surface area contributed by atoms with Crippen molar-refractivity contribution in [3.05, 3.63) is 30.1 Å². The van der Waals surface area contributed by atoms with Gasteiger partial charge in [-0.3, -0.25) is 4.99 Å². The van der Waals surface area contributed by atoms with Crippen LogP contribution in [0.3, 0.4) is 0 Å². The standard InChI is InChI=1S/C19H33FN4O2/c1-4-21-19(23-12-14-24(2)13-6-15-25-3)22-11-5-16-26-18-9-7-17(20)8-10-18/h7-10H,4-6,11-16H2,1-3H3,(H2,21,22,23). The van der Waals surface area contributed by atoms with E-state index in [4.69, 9.17) is 9.47 Å². The lowest BCUT2D eigenvalue weighted by Gasteiger charge is -2.18. The Morgan fingerprint density at radius 2 is 1.88 bits per heavy atom. The topological polar surface area (TPSA) is 58.1 Å². The number of hydrogen-bond donors (Lipinski definition) is 2. The summed E-state index contributed by atoms with van der Waals surface area (Å²) in [7, 11) is 3.83. The van der Waals surface area contributed by atoms with Gasteiger partial charge in [0, 0.05) is 52.9 Å². The van der Waals surface area contributed by atoms with Crippen LogP contribution >= 0.6 is 0 Å². The molecule has 0 saturated carbocycles. The van der Waals surface area contributed by atoms with Gasteiger partial charge in [-0.25, -0.2) is 4.39 Å². The summed E-state index contributed by atoms with van der Waals surface area (Å²) in [6.07, 6.45) is 1.83. The Bertz CT molecular complexity index is 497. The number of rotatable bonds is 13. The molecule has 0 bridgehead atoms. The van der Waals surface area contributed by atoms with Crippen LogP contribution in [0.25, 0.3) is 0 Å². The van der Waals surface area contributed by atoms with Crippen LogP contribution in [0.4, 0.5) is 4.39 Å². The Kier molecular flexibility index (Phi) is 12.2. The summed E-state index contributed by atoms with van der Waals surface area (Å²) in [5, 5.41) is 6.58. The number of methoxy groups -OCH3 is 1. The van der Waals surface area contributed by atoms with Gasteiger partial charge in [0.2, 0.25) is 0 Å². The normalized spacial score (nSPS) is 11.7. The van der Waals surface area contributed by atoms with Gasteiger partial charge in [-0.15, -0.1) is 0 Å². The minimum atomic E-state index is -0.257. The molecule has 0 fully saturated rings. The second-order valence-corrected chi connectivity index (χ2v) is 5.99. The van der Waals surface area contributed by atoms with Crippen molar-refractivity contribution in [2.24, 2.45) is 4.99 Å². The van der Waals surface area contributed by atoms with Crippen LogP contribution in [0.1, 0.15) is 19.8 Å². The van der Waals surface area contributed by atoms with E-state index in [9.17, 15) is 4.39 Å². The van der Waals surface area contributed by atoms with Crippen LogP contribution in [-0.2, 0) is 4.74 Å². The third kappa shape index (κ3) is 10.9. The van der Waals surface area contributed by atoms with Gasteiger partial charge >= 0.3 is 0 Å². The number of likely N-dealkylation sites (N-methyl/N-ethyl adjacent to an activating group) is 1. The van der Waals surface area contributed by atoms with Crippen molar-refractivity contribution >= 4 is 5.96 Å². The van der Waals surface area contributed by atoms with Crippen LogP contribution in [0.15, 0.2) is 29.3 Å². The van der Waals surface area contributed by atoms with E-state index in [0.717, 1.165) is 51.6 Å². The minimum Gasteiger partial charge on any atom is -0.494 e. The molecule has 0 heterocycles. The molecule has 1 aromatic carbocycles. The summed E-state index contributed by atoms with van der Waals surface area (Å²) in [5.74, 6) is 1.24. The number of aliphatic imine (C=N–C) groups is 1. The predicted octanol–water partition coefficient (Wildman–Crippen LogP) is 2.12. The summed E-state index contributed by atoms with van der Waals surface area (Å²) in [5.41, 5.74) is 0. The number of nitrogens with one attached hydrogen (secondary N) is 2. The van der Waals surface area contributed by atoms with Crippen molar-refractivity contribution in [2.75, 3.05) is 60.1 Å². The van der Waals surface area contributed by atoms with Gasteiger partial charge in [0.1, 0.15) is 11.6 Å². The van der Waals surface area contributed by atoms with Gasteiger partial charge in [-0.05, 0) is 44.7 Å². The van der Waals surface area contributed by atoms with Crippen LogP contribution < -0.4 is 15.4 Å². The smallest absolute Gasteiger partial charge is 0.191 e. The number of hydrogen-bond acceptors (Lipinski definition) is 4. The molecule has 6 nitrogen and oxygen atoms in total. The number of guanidine groups is 1. The van der Waals surface area contributed by atoms with E-state index < -0.39 is 0 Å².